The van der Waals surface area contributed by atoms with Gasteiger partial charge in [-0.25, -0.2) is 0 Å². The first kappa shape index (κ1) is 15.9. The molecule has 0 spiro atoms. The van der Waals surface area contributed by atoms with Crippen LogP contribution in [0.1, 0.15) is 32.1 Å². The van der Waals surface area contributed by atoms with Gasteiger partial charge in [-0.15, -0.1) is 0 Å². The van der Waals surface area contributed by atoms with Crippen molar-refractivity contribution in [2.45, 2.75) is 32.1 Å². The molecule has 0 saturated carbocycles. The van der Waals surface area contributed by atoms with Crippen LogP contribution in [0.15, 0.2) is 0 Å². The van der Waals surface area contributed by atoms with Crippen LogP contribution in [-0.4, -0.2) is 47.1 Å². The first-order chi connectivity index (χ1) is 8.13. The van der Waals surface area contributed by atoms with E-state index < -0.39 is 17.9 Å². The summed E-state index contributed by atoms with van der Waals surface area (Å²) < 4.78 is 4.80. The molecule has 0 bridgehead atoms. The number of carbonyl (C=O) groups excluding carboxylic acids is 1. The van der Waals surface area contributed by atoms with Crippen molar-refractivity contribution in [1.82, 2.24) is 0 Å². The summed E-state index contributed by atoms with van der Waals surface area (Å²) in [5.74, 6) is -3.10. The van der Waals surface area contributed by atoms with Gasteiger partial charge in [0.15, 0.2) is 5.92 Å². The zero-order valence-electron chi connectivity index (χ0n) is 9.80. The SMILES string of the molecule is O=C(O)C(CCCCO)C(=O)OCCCCO. The van der Waals surface area contributed by atoms with E-state index in [0.717, 1.165) is 0 Å². The van der Waals surface area contributed by atoms with Gasteiger partial charge in [0.25, 0.3) is 0 Å². The molecule has 17 heavy (non-hydrogen) atoms. The van der Waals surface area contributed by atoms with Gasteiger partial charge in [0.1, 0.15) is 0 Å². The molecule has 0 aromatic heterocycles. The molecule has 0 radical (unpaired) electrons. The van der Waals surface area contributed by atoms with Crippen LogP contribution in [0.2, 0.25) is 0 Å². The summed E-state index contributed by atoms with van der Waals surface area (Å²) in [4.78, 5) is 22.2. The zero-order valence-corrected chi connectivity index (χ0v) is 9.80. The molecule has 0 aromatic rings. The van der Waals surface area contributed by atoms with Crippen molar-refractivity contribution < 1.29 is 29.6 Å². The third kappa shape index (κ3) is 7.70. The summed E-state index contributed by atoms with van der Waals surface area (Å²) in [5, 5.41) is 25.9. The van der Waals surface area contributed by atoms with Crippen molar-refractivity contribution in [3.63, 3.8) is 0 Å². The maximum Gasteiger partial charge on any atom is 0.320 e. The highest BCUT2D eigenvalue weighted by Gasteiger charge is 2.26. The maximum absolute atomic E-state index is 11.4. The van der Waals surface area contributed by atoms with Gasteiger partial charge in [-0.3, -0.25) is 9.59 Å². The van der Waals surface area contributed by atoms with E-state index in [1.807, 2.05) is 0 Å². The van der Waals surface area contributed by atoms with Gasteiger partial charge in [0.05, 0.1) is 6.61 Å². The Morgan fingerprint density at radius 2 is 1.59 bits per heavy atom. The molecule has 0 aliphatic rings. The maximum atomic E-state index is 11.4. The second-order valence-corrected chi connectivity index (χ2v) is 3.71. The predicted molar refractivity (Wildman–Crippen MR) is 59.3 cm³/mol. The molecule has 0 amide bonds. The van der Waals surface area contributed by atoms with E-state index >= 15 is 0 Å². The van der Waals surface area contributed by atoms with E-state index in [1.165, 1.54) is 0 Å². The van der Waals surface area contributed by atoms with Gasteiger partial charge in [0, 0.05) is 13.2 Å². The van der Waals surface area contributed by atoms with Crippen molar-refractivity contribution in [2.75, 3.05) is 19.8 Å². The minimum Gasteiger partial charge on any atom is -0.481 e. The Hall–Kier alpha value is -1.14. The zero-order chi connectivity index (χ0) is 13.1. The summed E-state index contributed by atoms with van der Waals surface area (Å²) in [5.41, 5.74) is 0. The number of ether oxygens (including phenoxy) is 1. The van der Waals surface area contributed by atoms with Gasteiger partial charge >= 0.3 is 11.9 Å². The van der Waals surface area contributed by atoms with Crippen LogP contribution in [0.5, 0.6) is 0 Å². The molecule has 0 fully saturated rings. The second-order valence-electron chi connectivity index (χ2n) is 3.71. The normalized spacial score (nSPS) is 12.1. The third-order valence-electron chi connectivity index (χ3n) is 2.28. The predicted octanol–water partition coefficient (Wildman–Crippen LogP) is 0.166. The standard InChI is InChI=1S/C11H20O6/c12-6-2-1-5-9(10(14)15)11(16)17-8-4-3-7-13/h9,12-13H,1-8H2,(H,14,15). The Morgan fingerprint density at radius 3 is 2.12 bits per heavy atom. The summed E-state index contributed by atoms with van der Waals surface area (Å²) in [7, 11) is 0. The molecule has 1 unspecified atom stereocenters. The lowest BCUT2D eigenvalue weighted by Crippen LogP contribution is -2.26. The van der Waals surface area contributed by atoms with Crippen LogP contribution in [0, 0.1) is 5.92 Å². The molecule has 0 aliphatic heterocycles. The quantitative estimate of drug-likeness (QED) is 0.289. The Bertz CT molecular complexity index is 228. The summed E-state index contributed by atoms with van der Waals surface area (Å²) in [6.07, 6.45) is 2.16. The van der Waals surface area contributed by atoms with Crippen molar-refractivity contribution in [3.8, 4) is 0 Å². The molecule has 0 saturated heterocycles. The highest BCUT2D eigenvalue weighted by Crippen LogP contribution is 2.11. The van der Waals surface area contributed by atoms with Crippen LogP contribution < -0.4 is 0 Å². The number of carbonyl (C=O) groups is 2. The van der Waals surface area contributed by atoms with Gasteiger partial charge in [-0.2, -0.15) is 0 Å². The number of esters is 1. The van der Waals surface area contributed by atoms with Gasteiger partial charge < -0.3 is 20.1 Å². The molecule has 6 nitrogen and oxygen atoms in total. The highest BCUT2D eigenvalue weighted by molar-refractivity contribution is 5.93. The first-order valence-electron chi connectivity index (χ1n) is 5.74. The van der Waals surface area contributed by atoms with E-state index in [-0.39, 0.29) is 26.2 Å². The van der Waals surface area contributed by atoms with Crippen LogP contribution in [-0.2, 0) is 14.3 Å². The van der Waals surface area contributed by atoms with Crippen molar-refractivity contribution in [3.05, 3.63) is 0 Å². The lowest BCUT2D eigenvalue weighted by Gasteiger charge is -2.11. The van der Waals surface area contributed by atoms with Crippen molar-refractivity contribution in [1.29, 1.82) is 0 Å². The van der Waals surface area contributed by atoms with Gasteiger partial charge in [-0.05, 0) is 32.1 Å². The molecule has 3 N–H and O–H groups in total. The van der Waals surface area contributed by atoms with E-state index in [0.29, 0.717) is 25.7 Å². The Balaban J connectivity index is 3.93. The number of aliphatic hydroxyl groups excluding tert-OH is 2. The number of unbranched alkanes of at least 4 members (excludes halogenated alkanes) is 2. The smallest absolute Gasteiger partial charge is 0.320 e. The van der Waals surface area contributed by atoms with Crippen LogP contribution in [0.25, 0.3) is 0 Å². The van der Waals surface area contributed by atoms with Crippen LogP contribution in [0.3, 0.4) is 0 Å². The van der Waals surface area contributed by atoms with E-state index in [9.17, 15) is 9.59 Å². The Kier molecular flexibility index (Phi) is 9.37. The topological polar surface area (TPSA) is 104 Å². The molecule has 1 atom stereocenters. The fraction of sp³-hybridized carbons (Fsp3) is 0.818. The van der Waals surface area contributed by atoms with E-state index in [4.69, 9.17) is 20.1 Å². The number of carboxylic acid groups (broad SMARTS) is 1. The van der Waals surface area contributed by atoms with E-state index in [2.05, 4.69) is 0 Å². The molecular weight excluding hydrogens is 228 g/mol. The number of hydrogen-bond donors (Lipinski definition) is 3. The van der Waals surface area contributed by atoms with Crippen molar-refractivity contribution >= 4 is 11.9 Å². The largest absolute Gasteiger partial charge is 0.481 e. The molecule has 0 aliphatic carbocycles. The monoisotopic (exact) mass is 248 g/mol. The molecule has 6 heteroatoms. The average Bonchev–Trinajstić information content (AvgIpc) is 2.29. The van der Waals surface area contributed by atoms with Crippen LogP contribution in [0.4, 0.5) is 0 Å². The number of aliphatic hydroxyl groups is 2. The number of carboxylic acids is 1. The summed E-state index contributed by atoms with van der Waals surface area (Å²) in [6, 6.07) is 0. The molecule has 0 heterocycles. The average molecular weight is 248 g/mol. The fourth-order valence-corrected chi connectivity index (χ4v) is 1.29. The number of rotatable bonds is 10. The summed E-state index contributed by atoms with van der Waals surface area (Å²) >= 11 is 0. The van der Waals surface area contributed by atoms with Gasteiger partial charge in [0.2, 0.25) is 0 Å². The molecule has 100 valence electrons. The summed E-state index contributed by atoms with van der Waals surface area (Å²) in [6.45, 7) is 0.136. The first-order valence-corrected chi connectivity index (χ1v) is 5.74. The fourth-order valence-electron chi connectivity index (χ4n) is 1.29. The molecule has 0 aromatic carbocycles. The third-order valence-corrected chi connectivity index (χ3v) is 2.28. The van der Waals surface area contributed by atoms with E-state index in [1.54, 1.807) is 0 Å². The molecule has 0 rings (SSSR count). The Morgan fingerprint density at radius 1 is 1.00 bits per heavy atom. The Labute approximate surface area is 100 Å². The minimum atomic E-state index is -1.20. The minimum absolute atomic E-state index is 0.0160. The van der Waals surface area contributed by atoms with Crippen molar-refractivity contribution in [2.24, 2.45) is 5.92 Å². The highest BCUT2D eigenvalue weighted by atomic mass is 16.5. The van der Waals surface area contributed by atoms with Crippen LogP contribution >= 0.6 is 0 Å². The second kappa shape index (κ2) is 10.0. The molecular formula is C11H20O6. The number of aliphatic carboxylic acids is 1. The lowest BCUT2D eigenvalue weighted by atomic mass is 10.0. The number of hydrogen-bond acceptors (Lipinski definition) is 5. The van der Waals surface area contributed by atoms with Gasteiger partial charge in [-0.1, -0.05) is 0 Å². The lowest BCUT2D eigenvalue weighted by molar-refractivity contribution is -0.159.